The summed E-state index contributed by atoms with van der Waals surface area (Å²) in [6.07, 6.45) is 0. The van der Waals surface area contributed by atoms with Crippen LogP contribution in [0.15, 0.2) is 18.2 Å². The zero-order valence-corrected chi connectivity index (χ0v) is 14.4. The van der Waals surface area contributed by atoms with Crippen molar-refractivity contribution in [1.82, 2.24) is 9.80 Å². The first-order valence-electron chi connectivity index (χ1n) is 7.68. The average Bonchev–Trinajstić information content (AvgIpc) is 2.55. The van der Waals surface area contributed by atoms with E-state index in [1.807, 2.05) is 6.92 Å². The molecule has 8 heteroatoms. The zero-order valence-electron chi connectivity index (χ0n) is 13.6. The van der Waals surface area contributed by atoms with Gasteiger partial charge >= 0.3 is 5.97 Å². The lowest BCUT2D eigenvalue weighted by Crippen LogP contribution is -2.43. The first kappa shape index (κ1) is 20.2. The summed E-state index contributed by atoms with van der Waals surface area (Å²) >= 11 is 0. The van der Waals surface area contributed by atoms with Crippen molar-refractivity contribution in [1.29, 1.82) is 0 Å². The Labute approximate surface area is 147 Å². The maximum atomic E-state index is 12.6. The van der Waals surface area contributed by atoms with E-state index >= 15 is 0 Å². The zero-order chi connectivity index (χ0) is 16.8. The van der Waals surface area contributed by atoms with Crippen LogP contribution in [0.1, 0.15) is 27.6 Å². The topological polar surface area (TPSA) is 90.3 Å². The molecule has 1 aliphatic rings. The monoisotopic (exact) mass is 358 g/mol. The van der Waals surface area contributed by atoms with Crippen molar-refractivity contribution < 1.29 is 24.5 Å². The summed E-state index contributed by atoms with van der Waals surface area (Å²) < 4.78 is 5.29. The van der Waals surface area contributed by atoms with Crippen molar-refractivity contribution in [3.8, 4) is 5.75 Å². The molecule has 0 radical (unpaired) electrons. The first-order valence-corrected chi connectivity index (χ1v) is 7.68. The van der Waals surface area contributed by atoms with E-state index in [1.165, 1.54) is 12.1 Å². The summed E-state index contributed by atoms with van der Waals surface area (Å²) in [5, 5.41) is 18.7. The van der Waals surface area contributed by atoms with Crippen molar-refractivity contribution in [2.45, 2.75) is 6.92 Å². The molecule has 0 unspecified atom stereocenters. The average molecular weight is 359 g/mol. The lowest BCUT2D eigenvalue weighted by Gasteiger charge is -2.29. The van der Waals surface area contributed by atoms with Gasteiger partial charge in [0.25, 0.3) is 5.91 Å². The van der Waals surface area contributed by atoms with Gasteiger partial charge in [-0.1, -0.05) is 0 Å². The van der Waals surface area contributed by atoms with Crippen molar-refractivity contribution in [2.24, 2.45) is 0 Å². The molecule has 0 saturated carbocycles. The number of ether oxygens (including phenoxy) is 1. The third-order valence-corrected chi connectivity index (χ3v) is 3.87. The van der Waals surface area contributed by atoms with E-state index in [0.717, 1.165) is 25.7 Å². The van der Waals surface area contributed by atoms with Crippen LogP contribution in [0.4, 0.5) is 0 Å². The molecule has 1 aliphatic heterocycles. The Kier molecular flexibility index (Phi) is 7.97. The van der Waals surface area contributed by atoms with Crippen LogP contribution in [0.3, 0.4) is 0 Å². The molecule has 0 atom stereocenters. The van der Waals surface area contributed by atoms with Crippen LogP contribution in [0.25, 0.3) is 0 Å². The van der Waals surface area contributed by atoms with Gasteiger partial charge in [0.15, 0.2) is 0 Å². The molecule has 1 heterocycles. The van der Waals surface area contributed by atoms with E-state index in [0.29, 0.717) is 26.3 Å². The standard InChI is InChI=1S/C16H22N2O5.ClH/c1-2-18(4-3-17-5-7-23-8-6-17)15(20)12-9-13(16(21)22)11-14(19)10-12;/h9-11,19H,2-8H2,1H3,(H,21,22);1H. The highest BCUT2D eigenvalue weighted by atomic mass is 35.5. The van der Waals surface area contributed by atoms with Crippen LogP contribution in [0.5, 0.6) is 5.75 Å². The van der Waals surface area contributed by atoms with Gasteiger partial charge in [-0.25, -0.2) is 4.79 Å². The van der Waals surface area contributed by atoms with E-state index in [2.05, 4.69) is 4.90 Å². The molecule has 24 heavy (non-hydrogen) atoms. The Morgan fingerprint density at radius 3 is 2.42 bits per heavy atom. The number of aromatic carboxylic acids is 1. The second-order valence-electron chi connectivity index (χ2n) is 5.41. The smallest absolute Gasteiger partial charge is 0.335 e. The number of hydrogen-bond donors (Lipinski definition) is 2. The number of carboxylic acid groups (broad SMARTS) is 1. The number of hydrogen-bond acceptors (Lipinski definition) is 5. The Hall–Kier alpha value is -1.83. The lowest BCUT2D eigenvalue weighted by molar-refractivity contribution is 0.0328. The van der Waals surface area contributed by atoms with Crippen LogP contribution in [0, 0.1) is 0 Å². The molecule has 2 rings (SSSR count). The predicted octanol–water partition coefficient (Wildman–Crippen LogP) is 1.31. The summed E-state index contributed by atoms with van der Waals surface area (Å²) in [7, 11) is 0. The maximum absolute atomic E-state index is 12.6. The van der Waals surface area contributed by atoms with Gasteiger partial charge in [-0.05, 0) is 25.1 Å². The second-order valence-corrected chi connectivity index (χ2v) is 5.41. The number of aromatic hydroxyl groups is 1. The summed E-state index contributed by atoms with van der Waals surface area (Å²) in [4.78, 5) is 27.5. The minimum Gasteiger partial charge on any atom is -0.508 e. The highest BCUT2D eigenvalue weighted by Crippen LogP contribution is 2.17. The minimum absolute atomic E-state index is 0. The fourth-order valence-electron chi connectivity index (χ4n) is 2.53. The summed E-state index contributed by atoms with van der Waals surface area (Å²) in [5.41, 5.74) is 0.0869. The fraction of sp³-hybridized carbons (Fsp3) is 0.500. The molecule has 1 amide bonds. The Morgan fingerprint density at radius 1 is 1.21 bits per heavy atom. The largest absolute Gasteiger partial charge is 0.508 e. The van der Waals surface area contributed by atoms with Gasteiger partial charge < -0.3 is 19.8 Å². The van der Waals surface area contributed by atoms with Gasteiger partial charge in [-0.15, -0.1) is 12.4 Å². The molecular weight excluding hydrogens is 336 g/mol. The van der Waals surface area contributed by atoms with Gasteiger partial charge in [0.05, 0.1) is 18.8 Å². The number of carboxylic acids is 1. The minimum atomic E-state index is -1.17. The van der Waals surface area contributed by atoms with Gasteiger partial charge in [-0.3, -0.25) is 9.69 Å². The van der Waals surface area contributed by atoms with Gasteiger partial charge in [-0.2, -0.15) is 0 Å². The van der Waals surface area contributed by atoms with E-state index in [-0.39, 0.29) is 35.2 Å². The Balaban J connectivity index is 0.00000288. The summed E-state index contributed by atoms with van der Waals surface area (Å²) in [5.74, 6) is -1.68. The third-order valence-electron chi connectivity index (χ3n) is 3.87. The van der Waals surface area contributed by atoms with E-state index in [4.69, 9.17) is 9.84 Å². The molecule has 0 aliphatic carbocycles. The molecule has 0 aromatic heterocycles. The number of nitrogens with zero attached hydrogens (tertiary/aromatic N) is 2. The molecule has 1 fully saturated rings. The first-order chi connectivity index (χ1) is 11.0. The normalized spacial score (nSPS) is 14.7. The molecule has 134 valence electrons. The number of carbonyl (C=O) groups excluding carboxylic acids is 1. The van der Waals surface area contributed by atoms with E-state index < -0.39 is 5.97 Å². The second kappa shape index (κ2) is 9.46. The van der Waals surface area contributed by atoms with Gasteiger partial charge in [0.1, 0.15) is 5.75 Å². The Bertz CT molecular complexity index is 576. The number of phenols is 1. The van der Waals surface area contributed by atoms with Crippen LogP contribution in [-0.4, -0.2) is 77.8 Å². The molecular formula is C16H23ClN2O5. The van der Waals surface area contributed by atoms with E-state index in [1.54, 1.807) is 4.90 Å². The fourth-order valence-corrected chi connectivity index (χ4v) is 2.53. The maximum Gasteiger partial charge on any atom is 0.335 e. The highest BCUT2D eigenvalue weighted by Gasteiger charge is 2.19. The predicted molar refractivity (Wildman–Crippen MR) is 91.2 cm³/mol. The van der Waals surface area contributed by atoms with Gasteiger partial charge in [0.2, 0.25) is 0 Å². The molecule has 1 aromatic rings. The number of phenolic OH excluding ortho intramolecular Hbond substituents is 1. The van der Waals surface area contributed by atoms with Crippen molar-refractivity contribution in [3.63, 3.8) is 0 Å². The van der Waals surface area contributed by atoms with Crippen LogP contribution in [-0.2, 0) is 4.74 Å². The Morgan fingerprint density at radius 2 is 1.83 bits per heavy atom. The summed E-state index contributed by atoms with van der Waals surface area (Å²) in [6, 6.07) is 3.72. The van der Waals surface area contributed by atoms with Crippen molar-refractivity contribution in [2.75, 3.05) is 45.9 Å². The van der Waals surface area contributed by atoms with Crippen LogP contribution >= 0.6 is 12.4 Å². The number of halogens is 1. The lowest BCUT2D eigenvalue weighted by atomic mass is 10.1. The third kappa shape index (κ3) is 5.36. The summed E-state index contributed by atoms with van der Waals surface area (Å²) in [6.45, 7) is 6.78. The number of likely N-dealkylation sites (N-methyl/N-ethyl adjacent to an activating group) is 1. The van der Waals surface area contributed by atoms with Crippen molar-refractivity contribution in [3.05, 3.63) is 29.3 Å². The SMILES string of the molecule is CCN(CCN1CCOCC1)C(=O)c1cc(O)cc(C(=O)O)c1.Cl. The van der Waals surface area contributed by atoms with Gasteiger partial charge in [0, 0.05) is 38.3 Å². The van der Waals surface area contributed by atoms with Crippen LogP contribution < -0.4 is 0 Å². The van der Waals surface area contributed by atoms with E-state index in [9.17, 15) is 14.7 Å². The molecule has 0 spiro atoms. The molecule has 1 saturated heterocycles. The quantitative estimate of drug-likeness (QED) is 0.796. The number of rotatable bonds is 6. The molecule has 0 bridgehead atoms. The molecule has 1 aromatic carbocycles. The number of amides is 1. The molecule has 2 N–H and O–H groups in total. The molecule has 7 nitrogen and oxygen atoms in total. The number of morpholine rings is 1. The number of benzene rings is 1. The highest BCUT2D eigenvalue weighted by molar-refractivity contribution is 5.98. The number of carbonyl (C=O) groups is 2. The van der Waals surface area contributed by atoms with Crippen LogP contribution in [0.2, 0.25) is 0 Å². The van der Waals surface area contributed by atoms with Crippen molar-refractivity contribution >= 4 is 24.3 Å².